The summed E-state index contributed by atoms with van der Waals surface area (Å²) in [4.78, 5) is 24.2. The van der Waals surface area contributed by atoms with E-state index in [0.717, 1.165) is 12.5 Å². The Morgan fingerprint density at radius 3 is 2.39 bits per heavy atom. The van der Waals surface area contributed by atoms with Crippen LogP contribution >= 0.6 is 0 Å². The van der Waals surface area contributed by atoms with E-state index in [2.05, 4.69) is 4.72 Å². The number of halogens is 3. The van der Waals surface area contributed by atoms with Gasteiger partial charge in [-0.15, -0.1) is 0 Å². The quantitative estimate of drug-likeness (QED) is 0.620. The Balaban J connectivity index is 2.20. The number of benzene rings is 2. The van der Waals surface area contributed by atoms with Crippen LogP contribution < -0.4 is 10.0 Å². The molecule has 11 heteroatoms. The van der Waals surface area contributed by atoms with Gasteiger partial charge in [0.15, 0.2) is 6.10 Å². The first kappa shape index (κ1) is 24.2. The van der Waals surface area contributed by atoms with Crippen molar-refractivity contribution in [3.63, 3.8) is 0 Å². The maximum atomic E-state index is 12.8. The number of esters is 1. The number of carbonyl (C=O) groups is 2. The number of carbonyl (C=O) groups excluding carboxylic acids is 2. The van der Waals surface area contributed by atoms with Crippen LogP contribution in [0.5, 0.6) is 0 Å². The molecule has 0 aliphatic rings. The molecule has 0 aliphatic heterocycles. The van der Waals surface area contributed by atoms with Crippen molar-refractivity contribution < 1.29 is 35.9 Å². The number of amides is 1. The highest BCUT2D eigenvalue weighted by Crippen LogP contribution is 2.24. The van der Waals surface area contributed by atoms with Crippen molar-refractivity contribution in [2.24, 2.45) is 0 Å². The van der Waals surface area contributed by atoms with E-state index < -0.39 is 40.7 Å². The Kier molecular flexibility index (Phi) is 7.32. The molecule has 0 bridgehead atoms. The number of anilines is 1. The molecule has 1 unspecified atom stereocenters. The number of hydrogen-bond acceptors (Lipinski definition) is 5. The van der Waals surface area contributed by atoms with Gasteiger partial charge < -0.3 is 10.1 Å². The lowest BCUT2D eigenvalue weighted by Gasteiger charge is -2.17. The summed E-state index contributed by atoms with van der Waals surface area (Å²) in [6.07, 6.45) is -6.14. The smallest absolute Gasteiger partial charge is 0.405 e. The van der Waals surface area contributed by atoms with Crippen LogP contribution in [0.1, 0.15) is 28.4 Å². The van der Waals surface area contributed by atoms with Crippen LogP contribution in [0.25, 0.3) is 0 Å². The van der Waals surface area contributed by atoms with Gasteiger partial charge in [-0.3, -0.25) is 9.52 Å². The van der Waals surface area contributed by atoms with E-state index in [9.17, 15) is 31.2 Å². The molecule has 2 aromatic carbocycles. The van der Waals surface area contributed by atoms with E-state index in [1.165, 1.54) is 30.3 Å². The molecule has 0 saturated carbocycles. The molecule has 0 heterocycles. The van der Waals surface area contributed by atoms with Crippen molar-refractivity contribution in [3.8, 4) is 0 Å². The van der Waals surface area contributed by atoms with Crippen LogP contribution in [0.15, 0.2) is 47.4 Å². The number of rotatable bonds is 7. The fourth-order valence-electron chi connectivity index (χ4n) is 2.56. The summed E-state index contributed by atoms with van der Waals surface area (Å²) in [5, 5.41) is 1.61. The monoisotopic (exact) mass is 458 g/mol. The molecule has 0 radical (unpaired) electrons. The lowest BCUT2D eigenvalue weighted by Crippen LogP contribution is -2.40. The molecule has 0 aromatic heterocycles. The van der Waals surface area contributed by atoms with Crippen LogP contribution in [0.4, 0.5) is 18.9 Å². The molecule has 1 amide bonds. The highest BCUT2D eigenvalue weighted by molar-refractivity contribution is 7.92. The zero-order chi connectivity index (χ0) is 23.4. The predicted molar refractivity (Wildman–Crippen MR) is 107 cm³/mol. The van der Waals surface area contributed by atoms with Gasteiger partial charge in [0, 0.05) is 0 Å². The van der Waals surface area contributed by atoms with Gasteiger partial charge in [-0.05, 0) is 50.1 Å². The topological polar surface area (TPSA) is 102 Å². The number of para-hydroxylation sites is 1. The standard InChI is InChI=1S/C20H21F3N2O5S/c1-12-8-9-13(2)17(10-12)31(28,29)25-16-7-5-4-6-15(16)19(27)30-14(3)18(26)24-11-20(21,22)23/h4-10,14,25H,11H2,1-3H3,(H,24,26). The maximum Gasteiger partial charge on any atom is 0.405 e. The highest BCUT2D eigenvalue weighted by Gasteiger charge is 2.30. The largest absolute Gasteiger partial charge is 0.449 e. The number of nitrogens with one attached hydrogen (secondary N) is 2. The summed E-state index contributed by atoms with van der Waals surface area (Å²) in [7, 11) is -4.05. The third-order valence-electron chi connectivity index (χ3n) is 4.14. The third kappa shape index (κ3) is 6.71. The lowest BCUT2D eigenvalue weighted by atomic mass is 10.2. The Morgan fingerprint density at radius 2 is 1.74 bits per heavy atom. The Bertz CT molecular complexity index is 1080. The fourth-order valence-corrected chi connectivity index (χ4v) is 3.97. The normalized spacial score (nSPS) is 12.7. The summed E-state index contributed by atoms with van der Waals surface area (Å²) in [6, 6.07) is 10.4. The Morgan fingerprint density at radius 1 is 1.10 bits per heavy atom. The molecule has 168 valence electrons. The number of hydrogen-bond donors (Lipinski definition) is 2. The average Bonchev–Trinajstić information content (AvgIpc) is 2.67. The fraction of sp³-hybridized carbons (Fsp3) is 0.300. The van der Waals surface area contributed by atoms with Gasteiger partial charge in [0.1, 0.15) is 6.54 Å². The Hall–Kier alpha value is -3.08. The number of ether oxygens (including phenoxy) is 1. The van der Waals surface area contributed by atoms with E-state index in [1.54, 1.807) is 31.3 Å². The average molecular weight is 458 g/mol. The van der Waals surface area contributed by atoms with Gasteiger partial charge in [0.25, 0.3) is 15.9 Å². The summed E-state index contributed by atoms with van der Waals surface area (Å²) in [5.74, 6) is -2.21. The lowest BCUT2D eigenvalue weighted by molar-refractivity contribution is -0.143. The second-order valence-corrected chi connectivity index (χ2v) is 8.45. The zero-order valence-corrected chi connectivity index (χ0v) is 17.7. The molecular formula is C20H21F3N2O5S. The highest BCUT2D eigenvalue weighted by atomic mass is 32.2. The third-order valence-corrected chi connectivity index (χ3v) is 5.65. The first-order chi connectivity index (χ1) is 14.3. The first-order valence-corrected chi connectivity index (χ1v) is 10.5. The molecule has 31 heavy (non-hydrogen) atoms. The summed E-state index contributed by atoms with van der Waals surface area (Å²) in [6.45, 7) is 2.89. The van der Waals surface area contributed by atoms with Crippen LogP contribution in [-0.2, 0) is 19.6 Å². The van der Waals surface area contributed by atoms with Gasteiger partial charge in [0.05, 0.1) is 16.1 Å². The predicted octanol–water partition coefficient (Wildman–Crippen LogP) is 3.33. The van der Waals surface area contributed by atoms with Gasteiger partial charge in [-0.1, -0.05) is 24.3 Å². The molecule has 0 fully saturated rings. The zero-order valence-electron chi connectivity index (χ0n) is 16.9. The van der Waals surface area contributed by atoms with Crippen molar-refractivity contribution in [3.05, 3.63) is 59.2 Å². The molecule has 0 saturated heterocycles. The molecule has 0 aliphatic carbocycles. The van der Waals surface area contributed by atoms with Crippen molar-refractivity contribution in [2.75, 3.05) is 11.3 Å². The minimum atomic E-state index is -4.61. The molecule has 2 aromatic rings. The number of aryl methyl sites for hydroxylation is 2. The molecular weight excluding hydrogens is 437 g/mol. The van der Waals surface area contributed by atoms with E-state index >= 15 is 0 Å². The first-order valence-electron chi connectivity index (χ1n) is 9.05. The van der Waals surface area contributed by atoms with Gasteiger partial charge in [-0.25, -0.2) is 13.2 Å². The maximum absolute atomic E-state index is 12.8. The second-order valence-electron chi connectivity index (χ2n) is 6.80. The van der Waals surface area contributed by atoms with Crippen LogP contribution in [0.2, 0.25) is 0 Å². The molecule has 0 spiro atoms. The molecule has 2 rings (SSSR count). The van der Waals surface area contributed by atoms with Gasteiger partial charge >= 0.3 is 12.1 Å². The van der Waals surface area contributed by atoms with Crippen molar-refractivity contribution >= 4 is 27.6 Å². The van der Waals surface area contributed by atoms with E-state index in [1.807, 2.05) is 0 Å². The molecule has 1 atom stereocenters. The summed E-state index contributed by atoms with van der Waals surface area (Å²) < 4.78 is 69.6. The molecule has 2 N–H and O–H groups in total. The van der Waals surface area contributed by atoms with Crippen molar-refractivity contribution in [2.45, 2.75) is 37.9 Å². The number of sulfonamides is 1. The SMILES string of the molecule is Cc1ccc(C)c(S(=O)(=O)Nc2ccccc2C(=O)OC(C)C(=O)NCC(F)(F)F)c1. The minimum absolute atomic E-state index is 0.0237. The Labute approximate surface area is 177 Å². The van der Waals surface area contributed by atoms with Gasteiger partial charge in [-0.2, -0.15) is 13.2 Å². The van der Waals surface area contributed by atoms with Crippen molar-refractivity contribution in [1.29, 1.82) is 0 Å². The minimum Gasteiger partial charge on any atom is -0.449 e. The van der Waals surface area contributed by atoms with E-state index in [-0.39, 0.29) is 16.1 Å². The van der Waals surface area contributed by atoms with Crippen LogP contribution in [0, 0.1) is 13.8 Å². The van der Waals surface area contributed by atoms with E-state index in [0.29, 0.717) is 5.56 Å². The number of alkyl halides is 3. The summed E-state index contributed by atoms with van der Waals surface area (Å²) >= 11 is 0. The van der Waals surface area contributed by atoms with Crippen LogP contribution in [-0.4, -0.2) is 39.1 Å². The second kappa shape index (κ2) is 9.38. The van der Waals surface area contributed by atoms with Crippen molar-refractivity contribution in [1.82, 2.24) is 5.32 Å². The van der Waals surface area contributed by atoms with E-state index in [4.69, 9.17) is 4.74 Å². The summed E-state index contributed by atoms with van der Waals surface area (Å²) in [5.41, 5.74) is 0.911. The molecule has 7 nitrogen and oxygen atoms in total. The van der Waals surface area contributed by atoms with Crippen LogP contribution in [0.3, 0.4) is 0 Å². The van der Waals surface area contributed by atoms with Gasteiger partial charge in [0.2, 0.25) is 0 Å².